The van der Waals surface area contributed by atoms with Gasteiger partial charge in [-0.3, -0.25) is 4.99 Å². The summed E-state index contributed by atoms with van der Waals surface area (Å²) in [5.41, 5.74) is 0.381. The summed E-state index contributed by atoms with van der Waals surface area (Å²) >= 11 is 1.89. The molecule has 0 fully saturated rings. The summed E-state index contributed by atoms with van der Waals surface area (Å²) in [6.07, 6.45) is 2.20. The monoisotopic (exact) mass is 306 g/mol. The number of nitrogens with zero attached hydrogens (tertiary/aromatic N) is 1. The molecule has 1 N–H and O–H groups in total. The second kappa shape index (κ2) is 7.74. The van der Waals surface area contributed by atoms with Crippen LogP contribution in [0.1, 0.15) is 33.6 Å². The van der Waals surface area contributed by atoms with E-state index in [1.807, 2.05) is 42.1 Å². The van der Waals surface area contributed by atoms with E-state index in [4.69, 9.17) is 4.74 Å². The highest BCUT2D eigenvalue weighted by atomic mass is 32.2. The molecule has 0 radical (unpaired) electrons. The maximum Gasteiger partial charge on any atom is 0.156 e. The first-order chi connectivity index (χ1) is 10.0. The average molecular weight is 306 g/mol. The van der Waals surface area contributed by atoms with Crippen LogP contribution in [0.3, 0.4) is 0 Å². The number of rotatable bonds is 6. The lowest BCUT2D eigenvalue weighted by Crippen LogP contribution is -2.23. The lowest BCUT2D eigenvalue weighted by atomic mass is 9.90. The summed E-state index contributed by atoms with van der Waals surface area (Å²) < 4.78 is 5.67. The summed E-state index contributed by atoms with van der Waals surface area (Å²) in [5.74, 6) is 0.940. The topological polar surface area (TPSA) is 33.6 Å². The van der Waals surface area contributed by atoms with Gasteiger partial charge in [0.1, 0.15) is 5.75 Å². The fourth-order valence-corrected chi connectivity index (χ4v) is 3.66. The Labute approximate surface area is 132 Å². The molecule has 1 atom stereocenters. The Bertz CT molecular complexity index is 454. The summed E-state index contributed by atoms with van der Waals surface area (Å²) in [4.78, 5) is 4.58. The predicted octanol–water partition coefficient (Wildman–Crippen LogP) is 3.95. The van der Waals surface area contributed by atoms with Crippen molar-refractivity contribution in [1.82, 2.24) is 5.32 Å². The van der Waals surface area contributed by atoms with Gasteiger partial charge in [-0.05, 0) is 30.4 Å². The minimum Gasteiger partial charge on any atom is -0.494 e. The molecule has 0 saturated heterocycles. The number of hydrogen-bond acceptors (Lipinski definition) is 4. The van der Waals surface area contributed by atoms with Gasteiger partial charge in [0.05, 0.1) is 13.2 Å². The van der Waals surface area contributed by atoms with E-state index in [0.29, 0.717) is 10.7 Å². The fourth-order valence-electron chi connectivity index (χ4n) is 2.28. The van der Waals surface area contributed by atoms with Crippen LogP contribution in [0.4, 0.5) is 0 Å². The van der Waals surface area contributed by atoms with Gasteiger partial charge in [0.15, 0.2) is 5.17 Å². The van der Waals surface area contributed by atoms with Crippen molar-refractivity contribution >= 4 is 16.9 Å². The van der Waals surface area contributed by atoms with E-state index in [2.05, 4.69) is 31.1 Å². The molecular weight excluding hydrogens is 280 g/mol. The van der Waals surface area contributed by atoms with Gasteiger partial charge < -0.3 is 10.1 Å². The first kappa shape index (κ1) is 16.2. The molecule has 1 aliphatic rings. The number of hydrogen-bond donors (Lipinski definition) is 1. The molecule has 0 saturated carbocycles. The minimum atomic E-state index is 0.381. The van der Waals surface area contributed by atoms with Gasteiger partial charge in [0, 0.05) is 11.8 Å². The van der Waals surface area contributed by atoms with E-state index < -0.39 is 0 Å². The largest absolute Gasteiger partial charge is 0.494 e. The number of aliphatic imine (C=N–C) groups is 1. The summed E-state index contributed by atoms with van der Waals surface area (Å²) in [6.45, 7) is 9.48. The number of nitrogens with one attached hydrogen (secondary N) is 1. The molecule has 1 aliphatic heterocycles. The van der Waals surface area contributed by atoms with Crippen molar-refractivity contribution in [3.63, 3.8) is 0 Å². The van der Waals surface area contributed by atoms with Gasteiger partial charge in [0.2, 0.25) is 0 Å². The summed E-state index contributed by atoms with van der Waals surface area (Å²) in [5, 5.41) is 5.15. The molecule has 0 aliphatic carbocycles. The van der Waals surface area contributed by atoms with Crippen LogP contribution in [-0.4, -0.2) is 30.1 Å². The Morgan fingerprint density at radius 2 is 2.05 bits per heavy atom. The van der Waals surface area contributed by atoms with Crippen molar-refractivity contribution in [2.24, 2.45) is 10.4 Å². The van der Waals surface area contributed by atoms with Crippen molar-refractivity contribution in [3.05, 3.63) is 30.3 Å². The molecule has 116 valence electrons. The van der Waals surface area contributed by atoms with E-state index in [-0.39, 0.29) is 0 Å². The molecule has 1 aromatic carbocycles. The molecule has 4 heteroatoms. The van der Waals surface area contributed by atoms with Crippen LogP contribution < -0.4 is 10.1 Å². The van der Waals surface area contributed by atoms with E-state index in [0.717, 1.165) is 37.0 Å². The number of amidine groups is 1. The van der Waals surface area contributed by atoms with Gasteiger partial charge in [-0.15, -0.1) is 0 Å². The Morgan fingerprint density at radius 1 is 1.29 bits per heavy atom. The zero-order valence-electron chi connectivity index (χ0n) is 13.3. The molecule has 0 aromatic heterocycles. The highest BCUT2D eigenvalue weighted by molar-refractivity contribution is 8.14. The number of ether oxygens (including phenoxy) is 1. The average Bonchev–Trinajstić information content (AvgIpc) is 2.85. The van der Waals surface area contributed by atoms with E-state index in [1.165, 1.54) is 6.42 Å². The van der Waals surface area contributed by atoms with Crippen LogP contribution >= 0.6 is 11.8 Å². The van der Waals surface area contributed by atoms with Gasteiger partial charge >= 0.3 is 0 Å². The van der Waals surface area contributed by atoms with Gasteiger partial charge in [0.25, 0.3) is 0 Å². The first-order valence-electron chi connectivity index (χ1n) is 7.66. The Balaban J connectivity index is 1.56. The first-order valence-corrected chi connectivity index (χ1v) is 8.54. The van der Waals surface area contributed by atoms with Crippen LogP contribution in [0.25, 0.3) is 0 Å². The predicted molar refractivity (Wildman–Crippen MR) is 92.3 cm³/mol. The number of thioether (sulfide) groups is 1. The van der Waals surface area contributed by atoms with Gasteiger partial charge in [-0.2, -0.15) is 0 Å². The lowest BCUT2D eigenvalue weighted by Gasteiger charge is -2.21. The molecule has 0 amide bonds. The SMILES string of the molecule is CC(C)(C)CC1CN=C(NCCCOc2ccccc2)S1. The smallest absolute Gasteiger partial charge is 0.156 e. The third-order valence-corrected chi connectivity index (χ3v) is 4.31. The van der Waals surface area contributed by atoms with Crippen LogP contribution in [-0.2, 0) is 0 Å². The maximum atomic E-state index is 5.67. The molecule has 0 bridgehead atoms. The van der Waals surface area contributed by atoms with Crippen molar-refractivity contribution < 1.29 is 4.74 Å². The summed E-state index contributed by atoms with van der Waals surface area (Å²) in [7, 11) is 0. The summed E-state index contributed by atoms with van der Waals surface area (Å²) in [6, 6.07) is 9.96. The zero-order chi connectivity index (χ0) is 15.1. The Morgan fingerprint density at radius 3 is 2.76 bits per heavy atom. The van der Waals surface area contributed by atoms with Crippen molar-refractivity contribution in [1.29, 1.82) is 0 Å². The van der Waals surface area contributed by atoms with Crippen LogP contribution in [0.2, 0.25) is 0 Å². The maximum absolute atomic E-state index is 5.67. The number of para-hydroxylation sites is 1. The highest BCUT2D eigenvalue weighted by Gasteiger charge is 2.24. The molecule has 1 aromatic rings. The van der Waals surface area contributed by atoms with Gasteiger partial charge in [-0.1, -0.05) is 50.7 Å². The van der Waals surface area contributed by atoms with Crippen LogP contribution in [0, 0.1) is 5.41 Å². The normalized spacial score (nSPS) is 18.4. The molecule has 3 nitrogen and oxygen atoms in total. The molecule has 1 heterocycles. The lowest BCUT2D eigenvalue weighted by molar-refractivity contribution is 0.311. The standard InChI is InChI=1S/C17H26N2OS/c1-17(2,3)12-15-13-19-16(21-15)18-10-7-11-20-14-8-5-4-6-9-14/h4-6,8-9,15H,7,10-13H2,1-3H3,(H,18,19). The molecule has 1 unspecified atom stereocenters. The molecule has 2 rings (SSSR count). The van der Waals surface area contributed by atoms with Crippen LogP contribution in [0.15, 0.2) is 35.3 Å². The van der Waals surface area contributed by atoms with Crippen molar-refractivity contribution in [2.75, 3.05) is 19.7 Å². The van der Waals surface area contributed by atoms with E-state index >= 15 is 0 Å². The fraction of sp³-hybridized carbons (Fsp3) is 0.588. The van der Waals surface area contributed by atoms with Gasteiger partial charge in [-0.25, -0.2) is 0 Å². The van der Waals surface area contributed by atoms with Crippen molar-refractivity contribution in [3.8, 4) is 5.75 Å². The molecule has 0 spiro atoms. The Kier molecular flexibility index (Phi) is 5.97. The van der Waals surface area contributed by atoms with E-state index in [9.17, 15) is 0 Å². The third-order valence-electron chi connectivity index (χ3n) is 3.17. The second-order valence-electron chi connectivity index (χ2n) is 6.59. The minimum absolute atomic E-state index is 0.381. The van der Waals surface area contributed by atoms with E-state index in [1.54, 1.807) is 0 Å². The zero-order valence-corrected chi connectivity index (χ0v) is 14.1. The molecular formula is C17H26N2OS. The van der Waals surface area contributed by atoms with Crippen LogP contribution in [0.5, 0.6) is 5.75 Å². The quantitative estimate of drug-likeness (QED) is 0.808. The molecule has 21 heavy (non-hydrogen) atoms. The number of benzene rings is 1. The Hall–Kier alpha value is -1.16. The second-order valence-corrected chi connectivity index (χ2v) is 7.88. The van der Waals surface area contributed by atoms with Crippen molar-refractivity contribution in [2.45, 2.75) is 38.9 Å². The highest BCUT2D eigenvalue weighted by Crippen LogP contribution is 2.31. The third kappa shape index (κ3) is 6.42.